The number of benzene rings is 2. The van der Waals surface area contributed by atoms with Crippen molar-refractivity contribution >= 4 is 29.6 Å². The summed E-state index contributed by atoms with van der Waals surface area (Å²) < 4.78 is 5.52. The molecule has 0 bridgehead atoms. The number of carbonyl (C=O) groups excluding carboxylic acids is 1. The van der Waals surface area contributed by atoms with Gasteiger partial charge in [0, 0.05) is 37.1 Å². The van der Waals surface area contributed by atoms with E-state index in [4.69, 9.17) is 16.3 Å². The summed E-state index contributed by atoms with van der Waals surface area (Å²) >= 11 is 6.23. The predicted octanol–water partition coefficient (Wildman–Crippen LogP) is 4.09. The number of aromatic carboxylic acids is 1. The number of rotatable bonds is 6. The number of hydrogen-bond acceptors (Lipinski definition) is 6. The van der Waals surface area contributed by atoms with E-state index in [-0.39, 0.29) is 5.56 Å². The number of nitrogens with zero attached hydrogens (tertiary/aromatic N) is 3. The number of carbonyl (C=O) groups is 2. The van der Waals surface area contributed by atoms with E-state index in [0.717, 1.165) is 0 Å². The van der Waals surface area contributed by atoms with Gasteiger partial charge in [0.2, 0.25) is 5.95 Å². The van der Waals surface area contributed by atoms with E-state index >= 15 is 0 Å². The topological polar surface area (TPSA) is 105 Å². The normalized spacial score (nSPS) is 11.4. The maximum Gasteiger partial charge on any atom is 0.414 e. The molecule has 0 spiro atoms. The Morgan fingerprint density at radius 2 is 1.77 bits per heavy atom. The molecule has 0 aliphatic rings. The summed E-state index contributed by atoms with van der Waals surface area (Å²) in [5.74, 6) is -0.385. The molecule has 1 unspecified atom stereocenters. The highest BCUT2D eigenvalue weighted by Gasteiger charge is 2.22. The molecule has 0 saturated carbocycles. The molecule has 2 N–H and O–H groups in total. The molecule has 154 valence electrons. The van der Waals surface area contributed by atoms with E-state index in [1.165, 1.54) is 17.0 Å². The third-order valence-electron chi connectivity index (χ3n) is 4.18. The van der Waals surface area contributed by atoms with Crippen LogP contribution in [-0.4, -0.2) is 46.1 Å². The van der Waals surface area contributed by atoms with Crippen LogP contribution in [0.25, 0.3) is 0 Å². The van der Waals surface area contributed by atoms with E-state index in [2.05, 4.69) is 15.3 Å². The highest BCUT2D eigenvalue weighted by Crippen LogP contribution is 2.35. The molecule has 30 heavy (non-hydrogen) atoms. The first-order valence-electron chi connectivity index (χ1n) is 8.90. The lowest BCUT2D eigenvalue weighted by Gasteiger charge is -2.23. The maximum absolute atomic E-state index is 12.1. The lowest BCUT2D eigenvalue weighted by Crippen LogP contribution is -2.26. The highest BCUT2D eigenvalue weighted by molar-refractivity contribution is 6.30. The molecule has 2 aromatic carbocycles. The summed E-state index contributed by atoms with van der Waals surface area (Å²) in [7, 11) is 3.16. The van der Waals surface area contributed by atoms with Gasteiger partial charge >= 0.3 is 12.1 Å². The molecule has 0 aliphatic carbocycles. The van der Waals surface area contributed by atoms with E-state index in [1.807, 2.05) is 0 Å². The van der Waals surface area contributed by atoms with Crippen molar-refractivity contribution in [2.75, 3.05) is 19.4 Å². The Morgan fingerprint density at radius 3 is 2.37 bits per heavy atom. The molecule has 1 amide bonds. The molecular formula is C21H19ClN4O4. The first-order chi connectivity index (χ1) is 14.3. The lowest BCUT2D eigenvalue weighted by atomic mass is 9.97. The SMILES string of the molecule is CN(C)C(=O)Oc1ccc(Cl)cc1C(Nc1ncccn1)c1ccc(C(=O)O)cc1. The minimum absolute atomic E-state index is 0.152. The third kappa shape index (κ3) is 5.03. The molecule has 8 nitrogen and oxygen atoms in total. The average molecular weight is 427 g/mol. The molecule has 3 rings (SSSR count). The number of halogens is 1. The van der Waals surface area contributed by atoms with Gasteiger partial charge in [0.15, 0.2) is 0 Å². The summed E-state index contributed by atoms with van der Waals surface area (Å²) in [4.78, 5) is 33.0. The predicted molar refractivity (Wildman–Crippen MR) is 112 cm³/mol. The van der Waals surface area contributed by atoms with Crippen LogP contribution in [0.4, 0.5) is 10.7 Å². The molecule has 0 fully saturated rings. The van der Waals surface area contributed by atoms with Crippen molar-refractivity contribution in [2.45, 2.75) is 6.04 Å². The second-order valence-corrected chi connectivity index (χ2v) is 6.96. The quantitative estimate of drug-likeness (QED) is 0.611. The zero-order valence-electron chi connectivity index (χ0n) is 16.2. The van der Waals surface area contributed by atoms with Crippen molar-refractivity contribution in [2.24, 2.45) is 0 Å². The number of anilines is 1. The fraction of sp³-hybridized carbons (Fsp3) is 0.143. The number of ether oxygens (including phenoxy) is 1. The number of amides is 1. The third-order valence-corrected chi connectivity index (χ3v) is 4.41. The van der Waals surface area contributed by atoms with Crippen LogP contribution >= 0.6 is 11.6 Å². The van der Waals surface area contributed by atoms with Crippen LogP contribution in [0.5, 0.6) is 5.75 Å². The van der Waals surface area contributed by atoms with Gasteiger partial charge in [-0.25, -0.2) is 19.6 Å². The van der Waals surface area contributed by atoms with Crippen LogP contribution in [0.15, 0.2) is 60.9 Å². The van der Waals surface area contributed by atoms with Crippen molar-refractivity contribution in [1.82, 2.24) is 14.9 Å². The van der Waals surface area contributed by atoms with Gasteiger partial charge in [-0.2, -0.15) is 0 Å². The Hall–Kier alpha value is -3.65. The van der Waals surface area contributed by atoms with Crippen LogP contribution < -0.4 is 10.1 Å². The number of carboxylic acid groups (broad SMARTS) is 1. The first kappa shape index (κ1) is 21.1. The van der Waals surface area contributed by atoms with Gasteiger partial charge in [0.05, 0.1) is 11.6 Å². The molecule has 3 aromatic rings. The van der Waals surface area contributed by atoms with Gasteiger partial charge in [-0.05, 0) is 42.0 Å². The molecule has 1 heterocycles. The Balaban J connectivity index is 2.08. The maximum atomic E-state index is 12.1. The van der Waals surface area contributed by atoms with Crippen molar-refractivity contribution in [1.29, 1.82) is 0 Å². The van der Waals surface area contributed by atoms with Crippen LogP contribution in [0.1, 0.15) is 27.5 Å². The van der Waals surface area contributed by atoms with E-state index < -0.39 is 18.1 Å². The summed E-state index contributed by atoms with van der Waals surface area (Å²) in [5.41, 5.74) is 1.42. The average Bonchev–Trinajstić information content (AvgIpc) is 2.74. The second-order valence-electron chi connectivity index (χ2n) is 6.52. The number of nitrogens with one attached hydrogen (secondary N) is 1. The second kappa shape index (κ2) is 9.23. The number of aromatic nitrogens is 2. The number of hydrogen-bond donors (Lipinski definition) is 2. The van der Waals surface area contributed by atoms with Gasteiger partial charge in [-0.3, -0.25) is 0 Å². The fourth-order valence-electron chi connectivity index (χ4n) is 2.68. The summed E-state index contributed by atoms with van der Waals surface area (Å²) in [6.45, 7) is 0. The standard InChI is InChI=1S/C21H19ClN4O4/c1-26(2)21(29)30-17-9-8-15(22)12-16(17)18(25-20-23-10-3-11-24-20)13-4-6-14(7-5-13)19(27)28/h3-12,18H,1-2H3,(H,27,28)(H,23,24,25). The molecule has 0 saturated heterocycles. The molecule has 1 aromatic heterocycles. The Morgan fingerprint density at radius 1 is 1.10 bits per heavy atom. The first-order valence-corrected chi connectivity index (χ1v) is 9.28. The van der Waals surface area contributed by atoms with Crippen LogP contribution in [0.3, 0.4) is 0 Å². The minimum atomic E-state index is -1.03. The largest absolute Gasteiger partial charge is 0.478 e. The smallest absolute Gasteiger partial charge is 0.414 e. The zero-order valence-corrected chi connectivity index (χ0v) is 17.0. The molecule has 0 aliphatic heterocycles. The molecular weight excluding hydrogens is 408 g/mol. The minimum Gasteiger partial charge on any atom is -0.478 e. The summed E-state index contributed by atoms with van der Waals surface area (Å²) in [6, 6.07) is 12.3. The van der Waals surface area contributed by atoms with E-state index in [0.29, 0.717) is 27.8 Å². The Bertz CT molecular complexity index is 1040. The van der Waals surface area contributed by atoms with Gasteiger partial charge in [-0.1, -0.05) is 23.7 Å². The number of carboxylic acids is 1. The zero-order chi connectivity index (χ0) is 21.7. The summed E-state index contributed by atoms with van der Waals surface area (Å²) in [5, 5.41) is 12.8. The van der Waals surface area contributed by atoms with E-state index in [1.54, 1.807) is 62.9 Å². The molecule has 0 radical (unpaired) electrons. The van der Waals surface area contributed by atoms with Crippen molar-refractivity contribution < 1.29 is 19.4 Å². The fourth-order valence-corrected chi connectivity index (χ4v) is 2.87. The van der Waals surface area contributed by atoms with Gasteiger partial charge < -0.3 is 20.1 Å². The van der Waals surface area contributed by atoms with Crippen LogP contribution in [0.2, 0.25) is 5.02 Å². The Kier molecular flexibility index (Phi) is 6.48. The van der Waals surface area contributed by atoms with Gasteiger partial charge in [0.1, 0.15) is 5.75 Å². The lowest BCUT2D eigenvalue weighted by molar-refractivity contribution is 0.0696. The van der Waals surface area contributed by atoms with Crippen LogP contribution in [0, 0.1) is 0 Å². The molecule has 9 heteroatoms. The van der Waals surface area contributed by atoms with Crippen LogP contribution in [-0.2, 0) is 0 Å². The van der Waals surface area contributed by atoms with Crippen molar-refractivity contribution in [3.8, 4) is 5.75 Å². The van der Waals surface area contributed by atoms with Crippen molar-refractivity contribution in [3.05, 3.63) is 82.6 Å². The van der Waals surface area contributed by atoms with Crippen molar-refractivity contribution in [3.63, 3.8) is 0 Å². The monoisotopic (exact) mass is 426 g/mol. The van der Waals surface area contributed by atoms with Gasteiger partial charge in [0.25, 0.3) is 0 Å². The van der Waals surface area contributed by atoms with E-state index in [9.17, 15) is 14.7 Å². The molecule has 1 atom stereocenters. The summed E-state index contributed by atoms with van der Waals surface area (Å²) in [6.07, 6.45) is 2.63. The Labute approximate surface area is 178 Å². The van der Waals surface area contributed by atoms with Gasteiger partial charge in [-0.15, -0.1) is 0 Å². The highest BCUT2D eigenvalue weighted by atomic mass is 35.5.